The Hall–Kier alpha value is -0.160. The molecule has 0 radical (unpaired) electrons. The molecule has 21 heavy (non-hydrogen) atoms. The fraction of sp³-hybridized carbons (Fsp3) is 1.00. The molecule has 4 N–H and O–H groups in total. The van der Waals surface area contributed by atoms with Gasteiger partial charge in [-0.1, -0.05) is 33.1 Å². The average Bonchev–Trinajstić information content (AvgIpc) is 2.49. The average molecular weight is 303 g/mol. The lowest BCUT2D eigenvalue weighted by Crippen LogP contribution is -2.40. The largest absolute Gasteiger partial charge is 0.396 e. The molecule has 4 nitrogen and oxygen atoms in total. The van der Waals surface area contributed by atoms with Gasteiger partial charge in [0.2, 0.25) is 0 Å². The highest BCUT2D eigenvalue weighted by molar-refractivity contribution is 4.76. The third-order valence-corrected chi connectivity index (χ3v) is 3.89. The maximum atomic E-state index is 10.3. The number of aliphatic hydroxyl groups excluding tert-OH is 2. The van der Waals surface area contributed by atoms with Gasteiger partial charge in [0, 0.05) is 12.6 Å². The van der Waals surface area contributed by atoms with E-state index >= 15 is 0 Å². The lowest BCUT2D eigenvalue weighted by atomic mass is 10.0. The lowest BCUT2D eigenvalue weighted by Gasteiger charge is -2.24. The molecule has 4 heteroatoms. The third kappa shape index (κ3) is 13.2. The smallest absolute Gasteiger partial charge is 0.0693 e. The maximum Gasteiger partial charge on any atom is 0.0693 e. The standard InChI is InChI=1S/C17H38N2O2/c1-3-5-7-12-18-13-8-11-17(21)16(10-9-15-20)19-14-6-4-2/h16-21H,3-15H2,1-2H3. The first kappa shape index (κ1) is 20.8. The van der Waals surface area contributed by atoms with Crippen LogP contribution in [0.5, 0.6) is 0 Å². The highest BCUT2D eigenvalue weighted by atomic mass is 16.3. The first-order valence-corrected chi connectivity index (χ1v) is 8.99. The van der Waals surface area contributed by atoms with E-state index < -0.39 is 0 Å². The van der Waals surface area contributed by atoms with Gasteiger partial charge in [0.1, 0.15) is 0 Å². The van der Waals surface area contributed by atoms with Gasteiger partial charge in [-0.15, -0.1) is 0 Å². The molecule has 0 heterocycles. The highest BCUT2D eigenvalue weighted by Gasteiger charge is 2.17. The monoisotopic (exact) mass is 302 g/mol. The summed E-state index contributed by atoms with van der Waals surface area (Å²) in [5.74, 6) is 0. The molecule has 0 aromatic heterocycles. The Labute approximate surface area is 131 Å². The van der Waals surface area contributed by atoms with Crippen molar-refractivity contribution in [1.82, 2.24) is 10.6 Å². The summed E-state index contributed by atoms with van der Waals surface area (Å²) in [6, 6.07) is 0.129. The van der Waals surface area contributed by atoms with Crippen molar-refractivity contribution in [2.24, 2.45) is 0 Å². The Bertz CT molecular complexity index is 203. The zero-order valence-corrected chi connectivity index (χ0v) is 14.2. The molecule has 0 aromatic rings. The summed E-state index contributed by atoms with van der Waals surface area (Å²) in [5.41, 5.74) is 0. The summed E-state index contributed by atoms with van der Waals surface area (Å²) in [7, 11) is 0. The van der Waals surface area contributed by atoms with Gasteiger partial charge >= 0.3 is 0 Å². The SMILES string of the molecule is CCCCCNCCCC(O)C(CCCO)NCCCC. The van der Waals surface area contributed by atoms with Crippen LogP contribution in [0.2, 0.25) is 0 Å². The van der Waals surface area contributed by atoms with Gasteiger partial charge in [-0.25, -0.2) is 0 Å². The number of hydrogen-bond donors (Lipinski definition) is 4. The van der Waals surface area contributed by atoms with Crippen LogP contribution in [0.1, 0.15) is 71.6 Å². The quantitative estimate of drug-likeness (QED) is 0.331. The Kier molecular flexibility index (Phi) is 16.1. The summed E-state index contributed by atoms with van der Waals surface area (Å²) in [4.78, 5) is 0. The molecule has 0 amide bonds. The Morgan fingerprint density at radius 2 is 1.52 bits per heavy atom. The van der Waals surface area contributed by atoms with Gasteiger partial charge in [0.15, 0.2) is 0 Å². The van der Waals surface area contributed by atoms with Gasteiger partial charge < -0.3 is 20.8 Å². The summed E-state index contributed by atoms with van der Waals surface area (Å²) in [6.45, 7) is 7.63. The van der Waals surface area contributed by atoms with Crippen LogP contribution in [0.4, 0.5) is 0 Å². The molecular weight excluding hydrogens is 264 g/mol. The van der Waals surface area contributed by atoms with E-state index in [9.17, 15) is 5.11 Å². The van der Waals surface area contributed by atoms with E-state index in [2.05, 4.69) is 24.5 Å². The third-order valence-electron chi connectivity index (χ3n) is 3.89. The summed E-state index contributed by atoms with van der Waals surface area (Å²) in [6.07, 6.45) is 9.26. The molecule has 0 aliphatic heterocycles. The van der Waals surface area contributed by atoms with E-state index in [1.165, 1.54) is 19.3 Å². The molecule has 0 aliphatic rings. The molecule has 0 bridgehead atoms. The van der Waals surface area contributed by atoms with Crippen LogP contribution in [-0.2, 0) is 0 Å². The van der Waals surface area contributed by atoms with Crippen molar-refractivity contribution in [3.63, 3.8) is 0 Å². The summed E-state index contributed by atoms with van der Waals surface area (Å²) in [5, 5.41) is 26.2. The van der Waals surface area contributed by atoms with Crippen molar-refractivity contribution in [2.45, 2.75) is 83.8 Å². The van der Waals surface area contributed by atoms with Crippen LogP contribution in [0.15, 0.2) is 0 Å². The van der Waals surface area contributed by atoms with Crippen LogP contribution in [-0.4, -0.2) is 48.6 Å². The van der Waals surface area contributed by atoms with E-state index in [0.717, 1.165) is 58.2 Å². The molecule has 0 aliphatic carbocycles. The second-order valence-corrected chi connectivity index (χ2v) is 5.95. The van der Waals surface area contributed by atoms with Crippen LogP contribution < -0.4 is 10.6 Å². The Morgan fingerprint density at radius 3 is 2.19 bits per heavy atom. The van der Waals surface area contributed by atoms with E-state index in [4.69, 9.17) is 5.11 Å². The van der Waals surface area contributed by atoms with Gasteiger partial charge in [-0.2, -0.15) is 0 Å². The summed E-state index contributed by atoms with van der Waals surface area (Å²) < 4.78 is 0. The Morgan fingerprint density at radius 1 is 0.810 bits per heavy atom. The molecule has 128 valence electrons. The lowest BCUT2D eigenvalue weighted by molar-refractivity contribution is 0.107. The minimum atomic E-state index is -0.300. The number of nitrogens with one attached hydrogen (secondary N) is 2. The minimum Gasteiger partial charge on any atom is -0.396 e. The predicted molar refractivity (Wildman–Crippen MR) is 90.7 cm³/mol. The zero-order chi connectivity index (χ0) is 15.8. The number of hydrogen-bond acceptors (Lipinski definition) is 4. The molecule has 0 fully saturated rings. The molecule has 0 aromatic carbocycles. The van der Waals surface area contributed by atoms with E-state index in [1.54, 1.807) is 0 Å². The van der Waals surface area contributed by atoms with Crippen molar-refractivity contribution in [3.8, 4) is 0 Å². The van der Waals surface area contributed by atoms with E-state index in [0.29, 0.717) is 0 Å². The van der Waals surface area contributed by atoms with Crippen molar-refractivity contribution in [2.75, 3.05) is 26.2 Å². The van der Waals surface area contributed by atoms with Crippen LogP contribution in [0.3, 0.4) is 0 Å². The van der Waals surface area contributed by atoms with Gasteiger partial charge in [0.05, 0.1) is 6.10 Å². The maximum absolute atomic E-state index is 10.3. The summed E-state index contributed by atoms with van der Waals surface area (Å²) >= 11 is 0. The fourth-order valence-corrected chi connectivity index (χ4v) is 2.47. The molecule has 2 unspecified atom stereocenters. The molecule has 0 spiro atoms. The van der Waals surface area contributed by atoms with E-state index in [-0.39, 0.29) is 18.8 Å². The van der Waals surface area contributed by atoms with Crippen molar-refractivity contribution < 1.29 is 10.2 Å². The van der Waals surface area contributed by atoms with Crippen molar-refractivity contribution in [1.29, 1.82) is 0 Å². The first-order valence-electron chi connectivity index (χ1n) is 8.99. The molecule has 2 atom stereocenters. The minimum absolute atomic E-state index is 0.129. The second-order valence-electron chi connectivity index (χ2n) is 5.95. The first-order chi connectivity index (χ1) is 10.3. The highest BCUT2D eigenvalue weighted by Crippen LogP contribution is 2.08. The fourth-order valence-electron chi connectivity index (χ4n) is 2.47. The van der Waals surface area contributed by atoms with Gasteiger partial charge in [-0.3, -0.25) is 0 Å². The molecule has 0 rings (SSSR count). The van der Waals surface area contributed by atoms with Crippen molar-refractivity contribution in [3.05, 3.63) is 0 Å². The predicted octanol–water partition coefficient (Wildman–Crippen LogP) is 2.44. The normalized spacial score (nSPS) is 14.3. The van der Waals surface area contributed by atoms with E-state index in [1.807, 2.05) is 0 Å². The molecule has 0 saturated heterocycles. The zero-order valence-electron chi connectivity index (χ0n) is 14.2. The second kappa shape index (κ2) is 16.2. The number of rotatable bonds is 16. The van der Waals surface area contributed by atoms with Gasteiger partial charge in [0.25, 0.3) is 0 Å². The van der Waals surface area contributed by atoms with Crippen LogP contribution >= 0.6 is 0 Å². The van der Waals surface area contributed by atoms with Crippen LogP contribution in [0, 0.1) is 0 Å². The number of unbranched alkanes of at least 4 members (excludes halogenated alkanes) is 3. The van der Waals surface area contributed by atoms with Gasteiger partial charge in [-0.05, 0) is 58.2 Å². The molecule has 0 saturated carbocycles. The number of aliphatic hydroxyl groups is 2. The molecular formula is C17H38N2O2. The topological polar surface area (TPSA) is 64.5 Å². The Balaban J connectivity index is 3.73. The van der Waals surface area contributed by atoms with Crippen molar-refractivity contribution >= 4 is 0 Å². The van der Waals surface area contributed by atoms with Crippen LogP contribution in [0.25, 0.3) is 0 Å².